The summed E-state index contributed by atoms with van der Waals surface area (Å²) in [5, 5.41) is 11.9. The lowest BCUT2D eigenvalue weighted by Gasteiger charge is -2.24. The van der Waals surface area contributed by atoms with Crippen LogP contribution in [-0.2, 0) is 6.18 Å². The number of rotatable bonds is 3. The Bertz CT molecular complexity index is 577. The summed E-state index contributed by atoms with van der Waals surface area (Å²) in [5.41, 5.74) is -1.73. The number of nitrogens with one attached hydrogen (secondary N) is 1. The Labute approximate surface area is 131 Å². The highest BCUT2D eigenvalue weighted by Gasteiger charge is 2.35. The number of halogens is 4. The number of nitrogens with zero attached hydrogens (tertiary/aromatic N) is 1. The molecular weight excluding hydrogens is 316 g/mol. The molecular formula is C15H18F4N2O2. The van der Waals surface area contributed by atoms with Crippen LogP contribution in [0.15, 0.2) is 18.2 Å². The van der Waals surface area contributed by atoms with Gasteiger partial charge in [-0.3, -0.25) is 0 Å². The zero-order chi connectivity index (χ0) is 17.2. The van der Waals surface area contributed by atoms with E-state index >= 15 is 0 Å². The molecule has 1 aromatic rings. The number of hydrogen-bond donors (Lipinski definition) is 2. The summed E-state index contributed by atoms with van der Waals surface area (Å²) >= 11 is 0. The molecule has 0 bridgehead atoms. The molecule has 1 aromatic carbocycles. The number of urea groups is 1. The van der Waals surface area contributed by atoms with E-state index in [0.29, 0.717) is 12.5 Å². The van der Waals surface area contributed by atoms with E-state index in [1.807, 2.05) is 0 Å². The number of benzene rings is 1. The van der Waals surface area contributed by atoms with Gasteiger partial charge in [0.25, 0.3) is 0 Å². The molecule has 0 saturated heterocycles. The van der Waals surface area contributed by atoms with Gasteiger partial charge in [-0.2, -0.15) is 13.2 Å². The van der Waals surface area contributed by atoms with Gasteiger partial charge in [0.05, 0.1) is 17.4 Å². The summed E-state index contributed by atoms with van der Waals surface area (Å²) < 4.78 is 51.7. The maximum absolute atomic E-state index is 13.0. The molecule has 2 rings (SSSR count). The Hall–Kier alpha value is -1.83. The van der Waals surface area contributed by atoms with Crippen LogP contribution in [0.4, 0.5) is 28.0 Å². The normalized spacial score (nSPS) is 21.3. The lowest BCUT2D eigenvalue weighted by molar-refractivity contribution is -0.137. The number of carbonyl (C=O) groups excluding carboxylic acids is 1. The lowest BCUT2D eigenvalue weighted by atomic mass is 10.1. The van der Waals surface area contributed by atoms with Gasteiger partial charge in [0.15, 0.2) is 0 Å². The average Bonchev–Trinajstić information content (AvgIpc) is 2.85. The fourth-order valence-corrected chi connectivity index (χ4v) is 2.74. The van der Waals surface area contributed by atoms with E-state index < -0.39 is 35.4 Å². The molecule has 1 aliphatic carbocycles. The van der Waals surface area contributed by atoms with Crippen molar-refractivity contribution in [2.75, 3.05) is 18.9 Å². The summed E-state index contributed by atoms with van der Waals surface area (Å²) in [6.45, 7) is 0.246. The van der Waals surface area contributed by atoms with Crippen molar-refractivity contribution in [2.24, 2.45) is 5.92 Å². The molecule has 0 aromatic heterocycles. The molecule has 0 spiro atoms. The topological polar surface area (TPSA) is 52.6 Å². The van der Waals surface area contributed by atoms with Gasteiger partial charge in [0.2, 0.25) is 0 Å². The average molecular weight is 334 g/mol. The molecule has 8 heteroatoms. The Morgan fingerprint density at radius 2 is 2.09 bits per heavy atom. The summed E-state index contributed by atoms with van der Waals surface area (Å²) in [6, 6.07) is 1.34. The fraction of sp³-hybridized carbons (Fsp3) is 0.533. The van der Waals surface area contributed by atoms with Crippen LogP contribution in [0.5, 0.6) is 0 Å². The maximum atomic E-state index is 13.0. The molecule has 2 unspecified atom stereocenters. The number of aliphatic hydroxyl groups is 1. The fourth-order valence-electron chi connectivity index (χ4n) is 2.74. The summed E-state index contributed by atoms with van der Waals surface area (Å²) in [7, 11) is 1.44. The highest BCUT2D eigenvalue weighted by Crippen LogP contribution is 2.35. The van der Waals surface area contributed by atoms with Crippen molar-refractivity contribution in [1.82, 2.24) is 4.90 Å². The number of carbonyl (C=O) groups is 1. The van der Waals surface area contributed by atoms with Crippen molar-refractivity contribution in [3.63, 3.8) is 0 Å². The van der Waals surface area contributed by atoms with Gasteiger partial charge >= 0.3 is 12.2 Å². The number of alkyl halides is 3. The first kappa shape index (κ1) is 17.5. The first-order chi connectivity index (χ1) is 10.7. The largest absolute Gasteiger partial charge is 0.418 e. The Morgan fingerprint density at radius 1 is 1.39 bits per heavy atom. The summed E-state index contributed by atoms with van der Waals surface area (Å²) in [5.74, 6) is -1.11. The maximum Gasteiger partial charge on any atom is 0.418 e. The van der Waals surface area contributed by atoms with Crippen LogP contribution in [0.3, 0.4) is 0 Å². The molecule has 2 amide bonds. The molecule has 1 aliphatic rings. The first-order valence-electron chi connectivity index (χ1n) is 7.25. The van der Waals surface area contributed by atoms with Crippen molar-refractivity contribution in [2.45, 2.75) is 31.5 Å². The molecule has 128 valence electrons. The minimum atomic E-state index is -4.77. The molecule has 2 atom stereocenters. The second-order valence-electron chi connectivity index (χ2n) is 5.76. The van der Waals surface area contributed by atoms with Crippen molar-refractivity contribution in [1.29, 1.82) is 0 Å². The zero-order valence-electron chi connectivity index (χ0n) is 12.5. The second kappa shape index (κ2) is 6.74. The van der Waals surface area contributed by atoms with E-state index in [-0.39, 0.29) is 12.5 Å². The molecule has 2 N–H and O–H groups in total. The minimum Gasteiger partial charge on any atom is -0.393 e. The van der Waals surface area contributed by atoms with E-state index in [1.54, 1.807) is 0 Å². The van der Waals surface area contributed by atoms with Gasteiger partial charge in [0.1, 0.15) is 5.82 Å². The van der Waals surface area contributed by atoms with Crippen LogP contribution < -0.4 is 5.32 Å². The van der Waals surface area contributed by atoms with E-state index in [4.69, 9.17) is 0 Å². The molecule has 0 aliphatic heterocycles. The van der Waals surface area contributed by atoms with Crippen molar-refractivity contribution in [3.05, 3.63) is 29.6 Å². The zero-order valence-corrected chi connectivity index (χ0v) is 12.5. The van der Waals surface area contributed by atoms with Crippen LogP contribution >= 0.6 is 0 Å². The SMILES string of the molecule is CN(CC1CCCC1O)C(=O)Nc1ccc(F)cc1C(F)(F)F. The second-order valence-corrected chi connectivity index (χ2v) is 5.76. The van der Waals surface area contributed by atoms with E-state index in [0.717, 1.165) is 25.0 Å². The Morgan fingerprint density at radius 3 is 2.65 bits per heavy atom. The van der Waals surface area contributed by atoms with E-state index in [2.05, 4.69) is 5.32 Å². The van der Waals surface area contributed by atoms with Crippen LogP contribution in [0.1, 0.15) is 24.8 Å². The number of aliphatic hydroxyl groups excluding tert-OH is 1. The van der Waals surface area contributed by atoms with Crippen LogP contribution in [0.25, 0.3) is 0 Å². The molecule has 1 saturated carbocycles. The first-order valence-corrected chi connectivity index (χ1v) is 7.25. The number of anilines is 1. The Kier molecular flexibility index (Phi) is 5.13. The quantitative estimate of drug-likeness (QED) is 0.832. The Balaban J connectivity index is 2.08. The predicted octanol–water partition coefficient (Wildman–Crippen LogP) is 3.47. The van der Waals surface area contributed by atoms with E-state index in [9.17, 15) is 27.5 Å². The summed E-state index contributed by atoms with van der Waals surface area (Å²) in [6.07, 6.45) is -2.98. The molecule has 23 heavy (non-hydrogen) atoms. The molecule has 0 heterocycles. The number of hydrogen-bond acceptors (Lipinski definition) is 2. The third-order valence-corrected chi connectivity index (χ3v) is 4.00. The third-order valence-electron chi connectivity index (χ3n) is 4.00. The third kappa shape index (κ3) is 4.34. The van der Waals surface area contributed by atoms with E-state index in [1.165, 1.54) is 11.9 Å². The smallest absolute Gasteiger partial charge is 0.393 e. The van der Waals surface area contributed by atoms with Crippen molar-refractivity contribution >= 4 is 11.7 Å². The van der Waals surface area contributed by atoms with Gasteiger partial charge in [-0.15, -0.1) is 0 Å². The van der Waals surface area contributed by atoms with Gasteiger partial charge in [-0.1, -0.05) is 6.42 Å². The van der Waals surface area contributed by atoms with Gasteiger partial charge in [-0.25, -0.2) is 9.18 Å². The molecule has 4 nitrogen and oxygen atoms in total. The highest BCUT2D eigenvalue weighted by molar-refractivity contribution is 5.90. The van der Waals surface area contributed by atoms with Crippen molar-refractivity contribution < 1.29 is 27.5 Å². The monoisotopic (exact) mass is 334 g/mol. The standard InChI is InChI=1S/C15H18F4N2O2/c1-21(8-9-3-2-4-13(9)22)14(23)20-12-6-5-10(16)7-11(12)15(17,18)19/h5-7,9,13,22H,2-4,8H2,1H3,(H,20,23). The lowest BCUT2D eigenvalue weighted by Crippen LogP contribution is -2.37. The van der Waals surface area contributed by atoms with Gasteiger partial charge < -0.3 is 15.3 Å². The number of amides is 2. The molecule has 0 radical (unpaired) electrons. The van der Waals surface area contributed by atoms with Crippen molar-refractivity contribution in [3.8, 4) is 0 Å². The van der Waals surface area contributed by atoms with Crippen LogP contribution in [-0.4, -0.2) is 35.7 Å². The minimum absolute atomic E-state index is 0.0824. The van der Waals surface area contributed by atoms with Gasteiger partial charge in [-0.05, 0) is 31.0 Å². The molecule has 1 fully saturated rings. The summed E-state index contributed by atoms with van der Waals surface area (Å²) in [4.78, 5) is 13.3. The van der Waals surface area contributed by atoms with Crippen LogP contribution in [0, 0.1) is 11.7 Å². The highest BCUT2D eigenvalue weighted by atomic mass is 19.4. The van der Waals surface area contributed by atoms with Gasteiger partial charge in [0, 0.05) is 19.5 Å². The van der Waals surface area contributed by atoms with Crippen LogP contribution in [0.2, 0.25) is 0 Å². The predicted molar refractivity (Wildman–Crippen MR) is 76.4 cm³/mol.